The summed E-state index contributed by atoms with van der Waals surface area (Å²) in [5.74, 6) is 1.71. The van der Waals surface area contributed by atoms with E-state index in [0.29, 0.717) is 0 Å². The fraction of sp³-hybridized carbons (Fsp3) is 0.174. The molecule has 0 spiro atoms. The number of hydrogen-bond acceptors (Lipinski definition) is 4. The Bertz CT molecular complexity index is 1130. The average Bonchev–Trinajstić information content (AvgIpc) is 3.20. The summed E-state index contributed by atoms with van der Waals surface area (Å²) in [5, 5.41) is 7.10. The van der Waals surface area contributed by atoms with Gasteiger partial charge in [-0.25, -0.2) is 5.01 Å². The van der Waals surface area contributed by atoms with Crippen LogP contribution in [0.2, 0.25) is 0 Å². The van der Waals surface area contributed by atoms with Crippen LogP contribution in [0, 0.1) is 0 Å². The molecule has 2 aliphatic rings. The lowest BCUT2D eigenvalue weighted by atomic mass is 9.96. The molecule has 4 nitrogen and oxygen atoms in total. The molecule has 5 rings (SSSR count). The third-order valence-electron chi connectivity index (χ3n) is 5.39. The van der Waals surface area contributed by atoms with Crippen molar-refractivity contribution in [2.24, 2.45) is 5.10 Å². The van der Waals surface area contributed by atoms with E-state index in [9.17, 15) is 0 Å². The number of rotatable bonds is 3. The number of fused-ring (bicyclic) bond motifs is 3. The van der Waals surface area contributed by atoms with Gasteiger partial charge >= 0.3 is 0 Å². The Hall–Kier alpha value is -1.83. The van der Waals surface area contributed by atoms with Crippen LogP contribution in [0.3, 0.4) is 0 Å². The lowest BCUT2D eigenvalue weighted by Crippen LogP contribution is -2.33. The summed E-state index contributed by atoms with van der Waals surface area (Å²) in [7, 11) is 1.68. The fourth-order valence-corrected chi connectivity index (χ4v) is 5.54. The highest BCUT2D eigenvalue weighted by Gasteiger charge is 2.41. The van der Waals surface area contributed by atoms with Crippen molar-refractivity contribution in [2.75, 3.05) is 7.11 Å². The van der Waals surface area contributed by atoms with Gasteiger partial charge in [-0.05, 0) is 70.0 Å². The molecule has 2 atom stereocenters. The molecule has 30 heavy (non-hydrogen) atoms. The number of methoxy groups -OCH3 is 1. The van der Waals surface area contributed by atoms with Crippen LogP contribution < -0.4 is 9.47 Å². The minimum Gasteiger partial charge on any atom is -0.497 e. The fourth-order valence-electron chi connectivity index (χ4n) is 3.92. The first-order valence-corrected chi connectivity index (χ1v) is 11.8. The van der Waals surface area contributed by atoms with Gasteiger partial charge in [0, 0.05) is 26.5 Å². The summed E-state index contributed by atoms with van der Waals surface area (Å²) < 4.78 is 14.8. The normalized spacial score (nSPS) is 19.6. The second-order valence-corrected chi connectivity index (χ2v) is 9.89. The Labute approximate surface area is 200 Å². The lowest BCUT2D eigenvalue weighted by molar-refractivity contribution is -0.0197. The summed E-state index contributed by atoms with van der Waals surface area (Å²) in [6, 6.07) is 20.5. The smallest absolute Gasteiger partial charge is 0.213 e. The molecule has 2 aliphatic heterocycles. The third kappa shape index (κ3) is 3.57. The zero-order valence-electron chi connectivity index (χ0n) is 16.0. The molecule has 0 unspecified atom stereocenters. The van der Waals surface area contributed by atoms with E-state index in [1.807, 2.05) is 30.3 Å². The summed E-state index contributed by atoms with van der Waals surface area (Å²) in [5.41, 5.74) is 4.31. The van der Waals surface area contributed by atoms with Gasteiger partial charge in [0.25, 0.3) is 0 Å². The molecule has 0 bridgehead atoms. The monoisotopic (exact) mass is 590 g/mol. The standard InChI is InChI=1S/C23H17Br3N2O2/c1-29-17-8-4-13(5-9-17)20-12-21-18-10-16(25)11-19(26)22(18)30-23(28(21)27-20)14-2-6-15(24)7-3-14/h2-11,21,23H,12H2,1H3/t21-,23+/m0/s1. The molecule has 152 valence electrons. The number of nitrogens with zero attached hydrogens (tertiary/aromatic N) is 2. The first kappa shape index (κ1) is 20.1. The van der Waals surface area contributed by atoms with E-state index in [4.69, 9.17) is 14.6 Å². The summed E-state index contributed by atoms with van der Waals surface area (Å²) >= 11 is 10.8. The predicted molar refractivity (Wildman–Crippen MR) is 128 cm³/mol. The van der Waals surface area contributed by atoms with Crippen molar-refractivity contribution in [3.8, 4) is 11.5 Å². The SMILES string of the molecule is COc1ccc(C2=NN3[C@@H](c4ccc(Br)cc4)Oc4c(Br)cc(Br)cc4[C@@H]3C2)cc1. The van der Waals surface area contributed by atoms with E-state index in [2.05, 4.69) is 83.1 Å². The van der Waals surface area contributed by atoms with Crippen molar-refractivity contribution in [3.63, 3.8) is 0 Å². The van der Waals surface area contributed by atoms with Gasteiger partial charge in [0.15, 0.2) is 0 Å². The number of hydrazone groups is 1. The van der Waals surface area contributed by atoms with E-state index in [-0.39, 0.29) is 12.3 Å². The van der Waals surface area contributed by atoms with Gasteiger partial charge in [-0.2, -0.15) is 5.10 Å². The molecule has 0 amide bonds. The largest absolute Gasteiger partial charge is 0.497 e. The second kappa shape index (κ2) is 8.02. The van der Waals surface area contributed by atoms with Crippen LogP contribution in [0.15, 0.2) is 79.2 Å². The zero-order chi connectivity index (χ0) is 20.8. The Morgan fingerprint density at radius 1 is 0.967 bits per heavy atom. The summed E-state index contributed by atoms with van der Waals surface area (Å²) in [6.45, 7) is 0. The van der Waals surface area contributed by atoms with E-state index in [1.54, 1.807) is 7.11 Å². The van der Waals surface area contributed by atoms with Crippen molar-refractivity contribution in [1.29, 1.82) is 0 Å². The molecular weight excluding hydrogens is 576 g/mol. The van der Waals surface area contributed by atoms with Crippen molar-refractivity contribution in [1.82, 2.24) is 5.01 Å². The van der Waals surface area contributed by atoms with Gasteiger partial charge in [0.1, 0.15) is 11.5 Å². The van der Waals surface area contributed by atoms with Gasteiger partial charge in [-0.3, -0.25) is 0 Å². The minimum absolute atomic E-state index is 0.0910. The number of halogens is 3. The van der Waals surface area contributed by atoms with Gasteiger partial charge in [-0.1, -0.05) is 44.0 Å². The average molecular weight is 593 g/mol. The number of hydrogen-bond donors (Lipinski definition) is 0. The maximum absolute atomic E-state index is 6.49. The van der Waals surface area contributed by atoms with Crippen LogP contribution in [0.5, 0.6) is 11.5 Å². The quantitative estimate of drug-likeness (QED) is 0.322. The van der Waals surface area contributed by atoms with Crippen molar-refractivity contribution in [3.05, 3.63) is 90.8 Å². The molecule has 0 fully saturated rings. The van der Waals surface area contributed by atoms with Gasteiger partial charge in [0.05, 0.1) is 23.3 Å². The van der Waals surface area contributed by atoms with Gasteiger partial charge in [0.2, 0.25) is 6.23 Å². The van der Waals surface area contributed by atoms with Crippen molar-refractivity contribution < 1.29 is 9.47 Å². The minimum atomic E-state index is -0.302. The first-order chi connectivity index (χ1) is 14.5. The topological polar surface area (TPSA) is 34.1 Å². The maximum atomic E-state index is 6.49. The highest BCUT2D eigenvalue weighted by Crippen LogP contribution is 2.50. The van der Waals surface area contributed by atoms with Crippen LogP contribution >= 0.6 is 47.8 Å². The second-order valence-electron chi connectivity index (χ2n) is 7.20. The summed E-state index contributed by atoms with van der Waals surface area (Å²) in [6.07, 6.45) is 0.502. The third-order valence-corrected chi connectivity index (χ3v) is 6.96. The Balaban J connectivity index is 1.60. The van der Waals surface area contributed by atoms with Crippen LogP contribution in [-0.2, 0) is 0 Å². The number of ether oxygens (including phenoxy) is 2. The van der Waals surface area contributed by atoms with E-state index >= 15 is 0 Å². The molecule has 0 saturated carbocycles. The highest BCUT2D eigenvalue weighted by atomic mass is 79.9. The molecule has 2 heterocycles. The van der Waals surface area contributed by atoms with Gasteiger partial charge in [-0.15, -0.1) is 0 Å². The van der Waals surface area contributed by atoms with Crippen LogP contribution in [-0.4, -0.2) is 17.8 Å². The zero-order valence-corrected chi connectivity index (χ0v) is 20.7. The van der Waals surface area contributed by atoms with Crippen LogP contribution in [0.25, 0.3) is 0 Å². The van der Waals surface area contributed by atoms with Crippen molar-refractivity contribution >= 4 is 53.5 Å². The van der Waals surface area contributed by atoms with Crippen LogP contribution in [0.4, 0.5) is 0 Å². The summed E-state index contributed by atoms with van der Waals surface area (Å²) in [4.78, 5) is 0. The first-order valence-electron chi connectivity index (χ1n) is 9.45. The van der Waals surface area contributed by atoms with E-state index in [0.717, 1.165) is 53.7 Å². The Morgan fingerprint density at radius 3 is 2.40 bits per heavy atom. The number of benzene rings is 3. The molecule has 0 radical (unpaired) electrons. The van der Waals surface area contributed by atoms with Crippen LogP contribution in [0.1, 0.15) is 35.4 Å². The van der Waals surface area contributed by atoms with E-state index < -0.39 is 0 Å². The van der Waals surface area contributed by atoms with E-state index in [1.165, 1.54) is 0 Å². The Kier molecular flexibility index (Phi) is 5.37. The lowest BCUT2D eigenvalue weighted by Gasteiger charge is -2.38. The molecule has 0 saturated heterocycles. The van der Waals surface area contributed by atoms with Crippen molar-refractivity contribution in [2.45, 2.75) is 18.7 Å². The maximum Gasteiger partial charge on any atom is 0.213 e. The molecule has 0 aliphatic carbocycles. The highest BCUT2D eigenvalue weighted by molar-refractivity contribution is 9.11. The van der Waals surface area contributed by atoms with Gasteiger partial charge < -0.3 is 9.47 Å². The molecule has 3 aromatic carbocycles. The predicted octanol–water partition coefficient (Wildman–Crippen LogP) is 7.23. The molecule has 0 N–H and O–H groups in total. The molecule has 7 heteroatoms. The molecule has 3 aromatic rings. The molecular formula is C23H17Br3N2O2. The Morgan fingerprint density at radius 2 is 1.70 bits per heavy atom. The molecule has 0 aromatic heterocycles.